The van der Waals surface area contributed by atoms with E-state index in [0.717, 1.165) is 18.8 Å². The molecule has 2 nitrogen and oxygen atoms in total. The van der Waals surface area contributed by atoms with Crippen molar-refractivity contribution in [3.63, 3.8) is 0 Å². The van der Waals surface area contributed by atoms with E-state index in [2.05, 4.69) is 35.9 Å². The van der Waals surface area contributed by atoms with Crippen LogP contribution in [-0.2, 0) is 0 Å². The quantitative estimate of drug-likeness (QED) is 0.543. The second kappa shape index (κ2) is 2.66. The maximum atomic E-state index is 4.51. The molecule has 0 radical (unpaired) electrons. The number of amidine groups is 1. The summed E-state index contributed by atoms with van der Waals surface area (Å²) in [5.41, 5.74) is 1.29. The first-order chi connectivity index (χ1) is 5.67. The van der Waals surface area contributed by atoms with E-state index in [1.54, 1.807) is 0 Å². The van der Waals surface area contributed by atoms with Gasteiger partial charge in [-0.25, -0.2) is 0 Å². The molecular weight excluding hydrogens is 168 g/mol. The first-order valence-corrected chi connectivity index (χ1v) is 4.55. The van der Waals surface area contributed by atoms with Gasteiger partial charge in [0.2, 0.25) is 0 Å². The van der Waals surface area contributed by atoms with Crippen LogP contribution >= 0.6 is 12.6 Å². The highest BCUT2D eigenvalue weighted by Crippen LogP contribution is 2.24. The van der Waals surface area contributed by atoms with E-state index >= 15 is 0 Å². The van der Waals surface area contributed by atoms with Gasteiger partial charge in [0.25, 0.3) is 0 Å². The summed E-state index contributed by atoms with van der Waals surface area (Å²) in [4.78, 5) is 4.34. The van der Waals surface area contributed by atoms with Crippen LogP contribution in [0.5, 0.6) is 0 Å². The molecule has 0 amide bonds. The highest BCUT2D eigenvalue weighted by Gasteiger charge is 2.20. The van der Waals surface area contributed by atoms with Crippen LogP contribution in [-0.4, -0.2) is 17.1 Å². The van der Waals surface area contributed by atoms with Crippen LogP contribution in [0, 0.1) is 0 Å². The number of aliphatic imine (C=N–C) groups is 1. The molecule has 1 N–H and O–H groups in total. The Hall–Kier alpha value is -0.700. The fourth-order valence-electron chi connectivity index (χ4n) is 1.48. The highest BCUT2D eigenvalue weighted by molar-refractivity contribution is 7.82. The van der Waals surface area contributed by atoms with Gasteiger partial charge < -0.3 is 5.32 Å². The lowest BCUT2D eigenvalue weighted by atomic mass is 10.1. The van der Waals surface area contributed by atoms with Gasteiger partial charge in [-0.05, 0) is 25.0 Å². The number of thiol groups is 1. The SMILES string of the molecule is CC1(S)C=CNC2=NCCC2=C1. The van der Waals surface area contributed by atoms with E-state index in [-0.39, 0.29) is 4.75 Å². The van der Waals surface area contributed by atoms with Crippen molar-refractivity contribution in [3.8, 4) is 0 Å². The van der Waals surface area contributed by atoms with Crippen molar-refractivity contribution in [2.75, 3.05) is 6.54 Å². The molecule has 0 aliphatic carbocycles. The number of hydrogen-bond donors (Lipinski definition) is 2. The van der Waals surface area contributed by atoms with Crippen molar-refractivity contribution >= 4 is 18.5 Å². The second-order valence-corrected chi connectivity index (χ2v) is 4.32. The van der Waals surface area contributed by atoms with Crippen molar-refractivity contribution in [1.29, 1.82) is 0 Å². The topological polar surface area (TPSA) is 24.4 Å². The zero-order valence-electron chi connectivity index (χ0n) is 7.04. The van der Waals surface area contributed by atoms with E-state index < -0.39 is 0 Å². The molecule has 0 aromatic carbocycles. The molecule has 0 saturated heterocycles. The van der Waals surface area contributed by atoms with Gasteiger partial charge in [-0.2, -0.15) is 12.6 Å². The van der Waals surface area contributed by atoms with Crippen molar-refractivity contribution in [3.05, 3.63) is 23.9 Å². The zero-order valence-corrected chi connectivity index (χ0v) is 7.94. The van der Waals surface area contributed by atoms with Crippen molar-refractivity contribution in [2.45, 2.75) is 18.1 Å². The summed E-state index contributed by atoms with van der Waals surface area (Å²) in [5, 5.41) is 3.15. The lowest BCUT2D eigenvalue weighted by molar-refractivity contribution is 0.976. The Balaban J connectivity index is 2.38. The Kier molecular flexibility index (Phi) is 1.76. The zero-order chi connectivity index (χ0) is 8.60. The Bertz CT molecular complexity index is 287. The largest absolute Gasteiger partial charge is 0.347 e. The van der Waals surface area contributed by atoms with E-state index in [9.17, 15) is 0 Å². The first kappa shape index (κ1) is 7.92. The van der Waals surface area contributed by atoms with Crippen LogP contribution in [0.1, 0.15) is 13.3 Å². The minimum Gasteiger partial charge on any atom is -0.347 e. The van der Waals surface area contributed by atoms with E-state index in [1.165, 1.54) is 5.57 Å². The molecule has 0 spiro atoms. The van der Waals surface area contributed by atoms with Crippen LogP contribution in [0.4, 0.5) is 0 Å². The second-order valence-electron chi connectivity index (χ2n) is 3.35. The number of nitrogens with zero attached hydrogens (tertiary/aromatic N) is 1. The van der Waals surface area contributed by atoms with Gasteiger partial charge in [-0.3, -0.25) is 4.99 Å². The van der Waals surface area contributed by atoms with Crippen molar-refractivity contribution < 1.29 is 0 Å². The lowest BCUT2D eigenvalue weighted by Crippen LogP contribution is -2.15. The highest BCUT2D eigenvalue weighted by atomic mass is 32.1. The summed E-state index contributed by atoms with van der Waals surface area (Å²) < 4.78 is -0.135. The maximum Gasteiger partial charge on any atom is 0.127 e. The minimum absolute atomic E-state index is 0.135. The average molecular weight is 180 g/mol. The van der Waals surface area contributed by atoms with E-state index in [1.807, 2.05) is 12.3 Å². The van der Waals surface area contributed by atoms with Gasteiger partial charge in [0.1, 0.15) is 5.84 Å². The summed E-state index contributed by atoms with van der Waals surface area (Å²) in [7, 11) is 0. The summed E-state index contributed by atoms with van der Waals surface area (Å²) in [6.07, 6.45) is 7.16. The molecule has 0 fully saturated rings. The minimum atomic E-state index is -0.135. The standard InChI is InChI=1S/C9H12N2S/c1-9(12)3-5-11-8-7(6-9)2-4-10-8/h3,5-6,12H,2,4H2,1H3,(H,10,11). The van der Waals surface area contributed by atoms with Gasteiger partial charge in [0, 0.05) is 17.5 Å². The number of hydrogen-bond acceptors (Lipinski definition) is 3. The maximum absolute atomic E-state index is 4.51. The molecule has 2 heterocycles. The van der Waals surface area contributed by atoms with Gasteiger partial charge >= 0.3 is 0 Å². The van der Waals surface area contributed by atoms with Crippen LogP contribution in [0.2, 0.25) is 0 Å². The monoisotopic (exact) mass is 180 g/mol. The molecule has 1 atom stereocenters. The van der Waals surface area contributed by atoms with Crippen molar-refractivity contribution in [1.82, 2.24) is 5.32 Å². The number of rotatable bonds is 0. The van der Waals surface area contributed by atoms with Gasteiger partial charge in [0.05, 0.1) is 0 Å². The molecule has 1 unspecified atom stereocenters. The molecule has 3 heteroatoms. The normalized spacial score (nSPS) is 33.2. The summed E-state index contributed by atoms with van der Waals surface area (Å²) in [6, 6.07) is 0. The third-order valence-electron chi connectivity index (χ3n) is 2.06. The average Bonchev–Trinajstić information content (AvgIpc) is 2.31. The van der Waals surface area contributed by atoms with Gasteiger partial charge in [-0.1, -0.05) is 6.08 Å². The Morgan fingerprint density at radius 3 is 3.33 bits per heavy atom. The molecule has 2 aliphatic heterocycles. The summed E-state index contributed by atoms with van der Waals surface area (Å²) in [5.74, 6) is 1.02. The fourth-order valence-corrected chi connectivity index (χ4v) is 1.71. The van der Waals surface area contributed by atoms with Gasteiger partial charge in [-0.15, -0.1) is 0 Å². The molecule has 2 aliphatic rings. The molecule has 0 aromatic rings. The van der Waals surface area contributed by atoms with Gasteiger partial charge in [0.15, 0.2) is 0 Å². The molecule has 12 heavy (non-hydrogen) atoms. The molecule has 0 saturated carbocycles. The van der Waals surface area contributed by atoms with Crippen LogP contribution in [0.3, 0.4) is 0 Å². The van der Waals surface area contributed by atoms with Crippen molar-refractivity contribution in [2.24, 2.45) is 4.99 Å². The number of nitrogens with one attached hydrogen (secondary N) is 1. The molecule has 2 rings (SSSR count). The van der Waals surface area contributed by atoms with Crippen LogP contribution < -0.4 is 5.32 Å². The first-order valence-electron chi connectivity index (χ1n) is 4.11. The Morgan fingerprint density at radius 2 is 2.50 bits per heavy atom. The van der Waals surface area contributed by atoms with Crippen LogP contribution in [0.25, 0.3) is 0 Å². The molecule has 64 valence electrons. The lowest BCUT2D eigenvalue weighted by Gasteiger charge is -2.12. The predicted molar refractivity (Wildman–Crippen MR) is 54.7 cm³/mol. The third kappa shape index (κ3) is 1.41. The smallest absolute Gasteiger partial charge is 0.127 e. The molecule has 0 aromatic heterocycles. The van der Waals surface area contributed by atoms with Crippen LogP contribution in [0.15, 0.2) is 28.9 Å². The van der Waals surface area contributed by atoms with E-state index in [0.29, 0.717) is 0 Å². The fraction of sp³-hybridized carbons (Fsp3) is 0.444. The Labute approximate surface area is 77.9 Å². The van der Waals surface area contributed by atoms with E-state index in [4.69, 9.17) is 0 Å². The number of fused-ring (bicyclic) bond motifs is 1. The summed E-state index contributed by atoms with van der Waals surface area (Å²) >= 11 is 4.51. The third-order valence-corrected chi connectivity index (χ3v) is 2.34. The summed E-state index contributed by atoms with van der Waals surface area (Å²) in [6.45, 7) is 2.98. The predicted octanol–water partition coefficient (Wildman–Crippen LogP) is 1.52. The molecule has 0 bridgehead atoms. The molecular formula is C9H12N2S. The Morgan fingerprint density at radius 1 is 1.67 bits per heavy atom.